The smallest absolute Gasteiger partial charge is 0.125 e. The number of methoxy groups -OCH3 is 1. The van der Waals surface area contributed by atoms with Crippen LogP contribution in [0.5, 0.6) is 11.5 Å². The minimum Gasteiger partial charge on any atom is -0.508 e. The van der Waals surface area contributed by atoms with Crippen molar-refractivity contribution in [3.05, 3.63) is 17.7 Å². The first-order valence-electron chi connectivity index (χ1n) is 4.43. The number of phenolic OH excluding ortho intramolecular Hbond substituents is 1. The lowest BCUT2D eigenvalue weighted by Crippen LogP contribution is -2.22. The van der Waals surface area contributed by atoms with Gasteiger partial charge in [0.1, 0.15) is 11.5 Å². The highest BCUT2D eigenvalue weighted by molar-refractivity contribution is 6.70. The molecule has 0 bridgehead atoms. The van der Waals surface area contributed by atoms with Gasteiger partial charge in [0.25, 0.3) is 0 Å². The van der Waals surface area contributed by atoms with E-state index in [1.807, 2.05) is 19.1 Å². The monoisotopic (exact) mass is 196 g/mol. The molecule has 0 saturated carbocycles. The molecule has 1 N–H and O–H groups in total. The Balaban J connectivity index is 3.22. The number of benzene rings is 1. The molecule has 13 heavy (non-hydrogen) atoms. The van der Waals surface area contributed by atoms with Crippen molar-refractivity contribution >= 4 is 14.0 Å². The van der Waals surface area contributed by atoms with Gasteiger partial charge in [-0.2, -0.15) is 0 Å². The first-order chi connectivity index (χ1) is 6.06. The third-order valence-electron chi connectivity index (χ3n) is 2.24. The zero-order valence-corrected chi connectivity index (χ0v) is 9.74. The largest absolute Gasteiger partial charge is 0.508 e. The van der Waals surface area contributed by atoms with Gasteiger partial charge in [-0.25, -0.2) is 0 Å². The van der Waals surface area contributed by atoms with Crippen molar-refractivity contribution in [1.29, 1.82) is 0 Å². The molecule has 3 heteroatoms. The van der Waals surface area contributed by atoms with Crippen LogP contribution in [0.25, 0.3) is 0 Å². The van der Waals surface area contributed by atoms with Crippen molar-refractivity contribution in [3.63, 3.8) is 0 Å². The van der Waals surface area contributed by atoms with Crippen molar-refractivity contribution in [1.82, 2.24) is 0 Å². The maximum Gasteiger partial charge on any atom is 0.125 e. The van der Waals surface area contributed by atoms with Gasteiger partial charge in [0.05, 0.1) is 15.9 Å². The van der Waals surface area contributed by atoms with E-state index >= 15 is 0 Å². The van der Waals surface area contributed by atoms with Crippen LogP contribution < -0.4 is 9.92 Å². The van der Waals surface area contributed by atoms with Gasteiger partial charge >= 0.3 is 0 Å². The van der Waals surface area contributed by atoms with Gasteiger partial charge in [-0.15, -0.1) is 0 Å². The Labute approximate surface area is 80.8 Å². The van der Waals surface area contributed by atoms with Gasteiger partial charge in [0, 0.05) is 5.56 Å². The summed E-state index contributed by atoms with van der Waals surface area (Å²) in [6.07, 6.45) is 0. The molecule has 1 aromatic carbocycles. The fraction of sp³-hybridized carbons (Fsp3) is 0.400. The van der Waals surface area contributed by atoms with Gasteiger partial charge in [-0.05, 0) is 19.1 Å². The quantitative estimate of drug-likeness (QED) is 0.725. The lowest BCUT2D eigenvalue weighted by atomic mass is 10.2. The van der Waals surface area contributed by atoms with Crippen molar-refractivity contribution < 1.29 is 9.84 Å². The van der Waals surface area contributed by atoms with E-state index < -0.39 is 8.80 Å². The van der Waals surface area contributed by atoms with Crippen LogP contribution in [0.3, 0.4) is 0 Å². The lowest BCUT2D eigenvalue weighted by Gasteiger charge is -2.11. The molecule has 72 valence electrons. The number of aromatic hydroxyl groups is 1. The minimum atomic E-state index is -0.860. The maximum atomic E-state index is 9.60. The van der Waals surface area contributed by atoms with Crippen LogP contribution in [0, 0.1) is 6.92 Å². The Morgan fingerprint density at radius 1 is 1.31 bits per heavy atom. The van der Waals surface area contributed by atoms with E-state index in [1.165, 1.54) is 5.19 Å². The normalized spacial score (nSPS) is 10.5. The average Bonchev–Trinajstić information content (AvgIpc) is 2.09. The van der Waals surface area contributed by atoms with E-state index in [-0.39, 0.29) is 0 Å². The molecular formula is C10H16O2Si. The summed E-state index contributed by atoms with van der Waals surface area (Å²) in [6, 6.07) is 3.89. The van der Waals surface area contributed by atoms with Gasteiger partial charge < -0.3 is 9.84 Å². The molecule has 2 nitrogen and oxygen atoms in total. The molecule has 0 unspecified atom stereocenters. The molecule has 0 spiro atoms. The average molecular weight is 196 g/mol. The molecule has 0 saturated heterocycles. The molecule has 0 heterocycles. The summed E-state index contributed by atoms with van der Waals surface area (Å²) in [5.41, 5.74) is 0.820. The van der Waals surface area contributed by atoms with Gasteiger partial charge in [0.2, 0.25) is 0 Å². The second kappa shape index (κ2) is 3.83. The van der Waals surface area contributed by atoms with E-state index in [0.717, 1.165) is 11.3 Å². The number of ether oxygens (including phenoxy) is 1. The van der Waals surface area contributed by atoms with Crippen molar-refractivity contribution in [2.45, 2.75) is 20.0 Å². The van der Waals surface area contributed by atoms with E-state index in [0.29, 0.717) is 5.75 Å². The predicted octanol–water partition coefficient (Wildman–Crippen LogP) is 1.40. The van der Waals surface area contributed by atoms with Crippen LogP contribution in [-0.4, -0.2) is 21.0 Å². The number of hydrogen-bond donors (Lipinski definition) is 1. The van der Waals surface area contributed by atoms with Crippen LogP contribution >= 0.6 is 0 Å². The summed E-state index contributed by atoms with van der Waals surface area (Å²) in [5, 5.41) is 10.8. The maximum absolute atomic E-state index is 9.60. The summed E-state index contributed by atoms with van der Waals surface area (Å²) in [6.45, 7) is 6.31. The van der Waals surface area contributed by atoms with Crippen molar-refractivity contribution in [3.8, 4) is 11.5 Å². The topological polar surface area (TPSA) is 29.5 Å². The molecule has 0 amide bonds. The standard InChI is InChI=1S/C10H16O2Si/c1-7-9(11)5-8(13(3)4)6-10(7)12-2/h5-6,11,13H,1-4H3. The second-order valence-corrected chi connectivity index (χ2v) is 6.50. The zero-order chi connectivity index (χ0) is 10.0. The lowest BCUT2D eigenvalue weighted by molar-refractivity contribution is 0.403. The van der Waals surface area contributed by atoms with Crippen LogP contribution in [0.1, 0.15) is 5.56 Å². The molecule has 0 atom stereocenters. The Morgan fingerprint density at radius 3 is 2.38 bits per heavy atom. The zero-order valence-electron chi connectivity index (χ0n) is 8.59. The van der Waals surface area contributed by atoms with Crippen LogP contribution in [0.2, 0.25) is 13.1 Å². The van der Waals surface area contributed by atoms with E-state index in [2.05, 4.69) is 13.1 Å². The van der Waals surface area contributed by atoms with Crippen molar-refractivity contribution in [2.75, 3.05) is 7.11 Å². The predicted molar refractivity (Wildman–Crippen MR) is 57.9 cm³/mol. The number of phenols is 1. The highest BCUT2D eigenvalue weighted by atomic mass is 28.3. The van der Waals surface area contributed by atoms with E-state index in [9.17, 15) is 5.11 Å². The highest BCUT2D eigenvalue weighted by Crippen LogP contribution is 2.24. The molecule has 0 aliphatic heterocycles. The molecule has 0 radical (unpaired) electrons. The molecule has 1 rings (SSSR count). The summed E-state index contributed by atoms with van der Waals surface area (Å²) < 4.78 is 5.18. The summed E-state index contributed by atoms with van der Waals surface area (Å²) in [7, 11) is 0.773. The SMILES string of the molecule is COc1cc([SiH](C)C)cc(O)c1C. The minimum absolute atomic E-state index is 0.343. The molecule has 1 aromatic rings. The van der Waals surface area contributed by atoms with Gasteiger partial charge in [-0.3, -0.25) is 0 Å². The molecular weight excluding hydrogens is 180 g/mol. The molecule has 0 fully saturated rings. The van der Waals surface area contributed by atoms with Crippen LogP contribution in [0.4, 0.5) is 0 Å². The Bertz CT molecular complexity index is 308. The fourth-order valence-electron chi connectivity index (χ4n) is 1.24. The molecule has 0 aliphatic rings. The third-order valence-corrected chi connectivity index (χ3v) is 3.91. The fourth-order valence-corrected chi connectivity index (χ4v) is 2.21. The van der Waals surface area contributed by atoms with Crippen LogP contribution in [0.15, 0.2) is 12.1 Å². The Hall–Kier alpha value is -0.963. The second-order valence-electron chi connectivity index (χ2n) is 3.52. The summed E-state index contributed by atoms with van der Waals surface area (Å²) in [5.74, 6) is 1.13. The van der Waals surface area contributed by atoms with Crippen molar-refractivity contribution in [2.24, 2.45) is 0 Å². The Kier molecular flexibility index (Phi) is 2.98. The molecule has 0 aromatic heterocycles. The van der Waals surface area contributed by atoms with E-state index in [4.69, 9.17) is 4.74 Å². The Morgan fingerprint density at radius 2 is 1.92 bits per heavy atom. The van der Waals surface area contributed by atoms with Gasteiger partial charge in [0.15, 0.2) is 0 Å². The van der Waals surface area contributed by atoms with Crippen LogP contribution in [-0.2, 0) is 0 Å². The number of rotatable bonds is 2. The van der Waals surface area contributed by atoms with Gasteiger partial charge in [-0.1, -0.05) is 18.3 Å². The summed E-state index contributed by atoms with van der Waals surface area (Å²) >= 11 is 0. The van der Waals surface area contributed by atoms with E-state index in [1.54, 1.807) is 7.11 Å². The third kappa shape index (κ3) is 2.04. The molecule has 0 aliphatic carbocycles. The highest BCUT2D eigenvalue weighted by Gasteiger charge is 2.09. The first kappa shape index (κ1) is 10.1. The first-order valence-corrected chi connectivity index (χ1v) is 7.32. The number of hydrogen-bond acceptors (Lipinski definition) is 2. The summed E-state index contributed by atoms with van der Waals surface area (Å²) in [4.78, 5) is 0.